The summed E-state index contributed by atoms with van der Waals surface area (Å²) in [5.41, 5.74) is 6.64. The van der Waals surface area contributed by atoms with Crippen molar-refractivity contribution in [3.8, 4) is 0 Å². The van der Waals surface area contributed by atoms with Gasteiger partial charge in [0.05, 0.1) is 16.1 Å². The third kappa shape index (κ3) is 2.75. The number of carbonyl (C=O) groups excluding carboxylic acids is 1. The van der Waals surface area contributed by atoms with Crippen LogP contribution < -0.4 is 5.73 Å². The highest BCUT2D eigenvalue weighted by Crippen LogP contribution is 2.30. The molecule has 2 rings (SSSR count). The fourth-order valence-electron chi connectivity index (χ4n) is 2.16. The van der Waals surface area contributed by atoms with Gasteiger partial charge in [0.25, 0.3) is 5.91 Å². The van der Waals surface area contributed by atoms with Crippen LogP contribution in [0.5, 0.6) is 0 Å². The van der Waals surface area contributed by atoms with E-state index in [0.717, 1.165) is 12.0 Å². The standard InChI is InChI=1S/C13H13Cl2N3OS/c1-2-10(7-3-4-8(14)9(15)5-7)18-11(12(16)19)6-17-13(18)20/h3-6,10H,2H2,1H3,(H2,16,19)(H,17,20)/t10-/m0/s1. The van der Waals surface area contributed by atoms with E-state index in [1.165, 1.54) is 6.20 Å². The van der Waals surface area contributed by atoms with E-state index >= 15 is 0 Å². The Bertz CT molecular complexity index is 708. The van der Waals surface area contributed by atoms with Crippen LogP contribution in [0, 0.1) is 4.77 Å². The van der Waals surface area contributed by atoms with Crippen molar-refractivity contribution in [3.63, 3.8) is 0 Å². The number of H-pyrrole nitrogens is 1. The van der Waals surface area contributed by atoms with Gasteiger partial charge in [0, 0.05) is 6.20 Å². The summed E-state index contributed by atoms with van der Waals surface area (Å²) in [6.07, 6.45) is 2.25. The van der Waals surface area contributed by atoms with Gasteiger partial charge in [0.1, 0.15) is 5.69 Å². The highest BCUT2D eigenvalue weighted by atomic mass is 35.5. The minimum Gasteiger partial charge on any atom is -0.364 e. The fraction of sp³-hybridized carbons (Fsp3) is 0.231. The molecule has 1 amide bonds. The Labute approximate surface area is 131 Å². The summed E-state index contributed by atoms with van der Waals surface area (Å²) in [6.45, 7) is 1.99. The molecule has 0 saturated carbocycles. The Kier molecular flexibility index (Phi) is 4.52. The third-order valence-corrected chi connectivity index (χ3v) is 4.14. The zero-order chi connectivity index (χ0) is 14.9. The van der Waals surface area contributed by atoms with Gasteiger partial charge in [0.2, 0.25) is 0 Å². The van der Waals surface area contributed by atoms with Gasteiger partial charge in [-0.1, -0.05) is 36.2 Å². The maximum atomic E-state index is 11.5. The number of nitrogens with two attached hydrogens (primary N) is 1. The second-order valence-corrected chi connectivity index (χ2v) is 5.51. The van der Waals surface area contributed by atoms with E-state index in [1.54, 1.807) is 16.7 Å². The van der Waals surface area contributed by atoms with Crippen molar-refractivity contribution >= 4 is 41.3 Å². The highest BCUT2D eigenvalue weighted by molar-refractivity contribution is 7.71. The van der Waals surface area contributed by atoms with Gasteiger partial charge in [-0.15, -0.1) is 0 Å². The second-order valence-electron chi connectivity index (χ2n) is 4.31. The SMILES string of the molecule is CC[C@@H](c1ccc(Cl)c(Cl)c1)n1c(C(N)=O)c[nH]c1=S. The maximum absolute atomic E-state index is 11.5. The molecule has 1 heterocycles. The average molecular weight is 330 g/mol. The van der Waals surface area contributed by atoms with E-state index in [-0.39, 0.29) is 6.04 Å². The second kappa shape index (κ2) is 5.99. The number of rotatable bonds is 4. The molecule has 20 heavy (non-hydrogen) atoms. The number of hydrogen-bond acceptors (Lipinski definition) is 2. The normalized spacial score (nSPS) is 12.3. The van der Waals surface area contributed by atoms with Gasteiger partial charge >= 0.3 is 0 Å². The Morgan fingerprint density at radius 3 is 2.70 bits per heavy atom. The van der Waals surface area contributed by atoms with Crippen molar-refractivity contribution in [1.82, 2.24) is 9.55 Å². The Morgan fingerprint density at radius 1 is 1.45 bits per heavy atom. The lowest BCUT2D eigenvalue weighted by molar-refractivity contribution is 0.0990. The molecule has 7 heteroatoms. The number of aromatic amines is 1. The first-order valence-electron chi connectivity index (χ1n) is 6.00. The quantitative estimate of drug-likeness (QED) is 0.834. The molecule has 1 aromatic heterocycles. The zero-order valence-electron chi connectivity index (χ0n) is 10.7. The monoisotopic (exact) mass is 329 g/mol. The summed E-state index contributed by atoms with van der Waals surface area (Å²) in [7, 11) is 0. The van der Waals surface area contributed by atoms with Gasteiger partial charge < -0.3 is 15.3 Å². The Morgan fingerprint density at radius 2 is 2.15 bits per heavy atom. The first-order valence-corrected chi connectivity index (χ1v) is 7.16. The van der Waals surface area contributed by atoms with Crippen LogP contribution in [0.2, 0.25) is 10.0 Å². The summed E-state index contributed by atoms with van der Waals surface area (Å²) in [5, 5.41) is 0.948. The van der Waals surface area contributed by atoms with Crippen LogP contribution in [0.25, 0.3) is 0 Å². The van der Waals surface area contributed by atoms with Gasteiger partial charge in [-0.05, 0) is 36.3 Å². The molecule has 3 N–H and O–H groups in total. The molecule has 0 spiro atoms. The van der Waals surface area contributed by atoms with Crippen molar-refractivity contribution in [2.75, 3.05) is 0 Å². The lowest BCUT2D eigenvalue weighted by Gasteiger charge is -2.19. The number of carbonyl (C=O) groups is 1. The van der Waals surface area contributed by atoms with Crippen molar-refractivity contribution in [2.24, 2.45) is 5.73 Å². The molecule has 0 saturated heterocycles. The number of nitrogens with one attached hydrogen (secondary N) is 1. The molecule has 0 aliphatic carbocycles. The van der Waals surface area contributed by atoms with Crippen molar-refractivity contribution in [3.05, 3.63) is 50.5 Å². The minimum atomic E-state index is -0.532. The predicted octanol–water partition coefficient (Wildman–Crippen LogP) is 3.95. The van der Waals surface area contributed by atoms with Crippen LogP contribution >= 0.6 is 35.4 Å². The topological polar surface area (TPSA) is 63.8 Å². The van der Waals surface area contributed by atoms with E-state index in [9.17, 15) is 4.79 Å². The zero-order valence-corrected chi connectivity index (χ0v) is 13.0. The van der Waals surface area contributed by atoms with E-state index in [2.05, 4.69) is 4.98 Å². The number of hydrogen-bond donors (Lipinski definition) is 2. The van der Waals surface area contributed by atoms with Crippen LogP contribution in [0.4, 0.5) is 0 Å². The molecule has 0 unspecified atom stereocenters. The molecule has 4 nitrogen and oxygen atoms in total. The molecule has 0 aliphatic heterocycles. The average Bonchev–Trinajstić information content (AvgIpc) is 2.77. The van der Waals surface area contributed by atoms with Crippen LogP contribution in [0.3, 0.4) is 0 Å². The lowest BCUT2D eigenvalue weighted by Crippen LogP contribution is -2.21. The summed E-state index contributed by atoms with van der Waals surface area (Å²) < 4.78 is 2.15. The molecule has 1 aromatic carbocycles. The van der Waals surface area contributed by atoms with Gasteiger partial charge in [-0.2, -0.15) is 0 Å². The molecule has 0 radical (unpaired) electrons. The van der Waals surface area contributed by atoms with Crippen LogP contribution in [-0.2, 0) is 0 Å². The third-order valence-electron chi connectivity index (χ3n) is 3.09. The first-order chi connectivity index (χ1) is 9.45. The number of benzene rings is 1. The van der Waals surface area contributed by atoms with E-state index < -0.39 is 5.91 Å². The molecular weight excluding hydrogens is 317 g/mol. The van der Waals surface area contributed by atoms with Gasteiger partial charge in [-0.3, -0.25) is 4.79 Å². The summed E-state index contributed by atoms with van der Waals surface area (Å²) in [6, 6.07) is 5.23. The molecule has 0 fully saturated rings. The Balaban J connectivity index is 2.58. The van der Waals surface area contributed by atoms with E-state index in [0.29, 0.717) is 20.5 Å². The number of amides is 1. The van der Waals surface area contributed by atoms with E-state index in [4.69, 9.17) is 41.2 Å². The molecule has 106 valence electrons. The van der Waals surface area contributed by atoms with Crippen LogP contribution in [0.15, 0.2) is 24.4 Å². The number of nitrogens with zero attached hydrogens (tertiary/aromatic N) is 1. The molecule has 1 atom stereocenters. The molecule has 0 aliphatic rings. The number of imidazole rings is 1. The van der Waals surface area contributed by atoms with Crippen LogP contribution in [0.1, 0.15) is 35.4 Å². The lowest BCUT2D eigenvalue weighted by atomic mass is 10.0. The minimum absolute atomic E-state index is 0.133. The van der Waals surface area contributed by atoms with Gasteiger partial charge in [0.15, 0.2) is 4.77 Å². The summed E-state index contributed by atoms with van der Waals surface area (Å²) in [4.78, 5) is 14.3. The number of halogens is 2. The van der Waals surface area contributed by atoms with Gasteiger partial charge in [-0.25, -0.2) is 0 Å². The van der Waals surface area contributed by atoms with Crippen molar-refractivity contribution in [1.29, 1.82) is 0 Å². The number of primary amides is 1. The fourth-order valence-corrected chi connectivity index (χ4v) is 2.76. The van der Waals surface area contributed by atoms with E-state index in [1.807, 2.05) is 13.0 Å². The highest BCUT2D eigenvalue weighted by Gasteiger charge is 2.19. The van der Waals surface area contributed by atoms with Crippen molar-refractivity contribution in [2.45, 2.75) is 19.4 Å². The summed E-state index contributed by atoms with van der Waals surface area (Å²) in [5.74, 6) is -0.532. The maximum Gasteiger partial charge on any atom is 0.266 e. The molecule has 2 aromatic rings. The smallest absolute Gasteiger partial charge is 0.266 e. The summed E-state index contributed by atoms with van der Waals surface area (Å²) >= 11 is 17.2. The molecule has 0 bridgehead atoms. The first kappa shape index (κ1) is 15.1. The van der Waals surface area contributed by atoms with Crippen molar-refractivity contribution < 1.29 is 4.79 Å². The largest absolute Gasteiger partial charge is 0.364 e. The molecular formula is C13H13Cl2N3OS. The number of aromatic nitrogens is 2. The predicted molar refractivity (Wildman–Crippen MR) is 83.0 cm³/mol. The Hall–Kier alpha value is -1.30. The van der Waals surface area contributed by atoms with Crippen LogP contribution in [-0.4, -0.2) is 15.5 Å².